The number of amides is 1. The van der Waals surface area contributed by atoms with Crippen molar-refractivity contribution >= 4 is 11.7 Å². The van der Waals surface area contributed by atoms with Gasteiger partial charge in [-0.25, -0.2) is 9.97 Å². The predicted octanol–water partition coefficient (Wildman–Crippen LogP) is 3.90. The molecule has 0 aromatic carbocycles. The minimum absolute atomic E-state index is 0.222. The van der Waals surface area contributed by atoms with Gasteiger partial charge in [-0.2, -0.15) is 13.2 Å². The van der Waals surface area contributed by atoms with Gasteiger partial charge in [-0.05, 0) is 37.2 Å². The van der Waals surface area contributed by atoms with Crippen LogP contribution in [0.4, 0.5) is 19.0 Å². The lowest BCUT2D eigenvalue weighted by Gasteiger charge is -2.11. The Morgan fingerprint density at radius 1 is 1.28 bits per heavy atom. The number of likely N-dealkylation sites (tertiary alicyclic amines) is 1. The fourth-order valence-electron chi connectivity index (χ4n) is 3.28. The van der Waals surface area contributed by atoms with Gasteiger partial charge in [-0.3, -0.25) is 4.79 Å². The molecule has 9 heteroatoms. The summed E-state index contributed by atoms with van der Waals surface area (Å²) in [5, 5.41) is 0. The first-order chi connectivity index (χ1) is 13.6. The predicted molar refractivity (Wildman–Crippen MR) is 104 cm³/mol. The van der Waals surface area contributed by atoms with Gasteiger partial charge in [0.15, 0.2) is 0 Å². The smallest absolute Gasteiger partial charge is 0.383 e. The zero-order valence-electron chi connectivity index (χ0n) is 16.6. The second-order valence-corrected chi connectivity index (χ2v) is 7.90. The Balaban J connectivity index is 0.000000224. The summed E-state index contributed by atoms with van der Waals surface area (Å²) in [5.41, 5.74) is 5.21. The number of pyridine rings is 1. The van der Waals surface area contributed by atoms with E-state index in [0.29, 0.717) is 23.1 Å². The van der Waals surface area contributed by atoms with Gasteiger partial charge in [-0.15, -0.1) is 0 Å². The third-order valence-corrected chi connectivity index (χ3v) is 5.21. The Labute approximate surface area is 167 Å². The maximum absolute atomic E-state index is 12.8. The molecule has 2 aromatic rings. The van der Waals surface area contributed by atoms with Crippen molar-refractivity contribution in [3.63, 3.8) is 0 Å². The standard InChI is InChI=1S/C13H13F3N4.C7H13NO/c14-13(15,16)9-4-8(5-19-12(9)17)10-6-18-11(20-10)3-7-1-2-7;1-6-3-4-8(5-6)7(2)9/h4-7H,1-3H2,(H2,17,19)(H,18,20);6H,3-5H2,1-2H3. The molecule has 29 heavy (non-hydrogen) atoms. The number of carbonyl (C=O) groups excluding carboxylic acids is 1. The summed E-state index contributed by atoms with van der Waals surface area (Å²) >= 11 is 0. The highest BCUT2D eigenvalue weighted by atomic mass is 19.4. The molecule has 0 radical (unpaired) electrons. The lowest BCUT2D eigenvalue weighted by atomic mass is 10.1. The van der Waals surface area contributed by atoms with Crippen molar-refractivity contribution in [3.05, 3.63) is 29.8 Å². The Bertz CT molecular complexity index is 860. The summed E-state index contributed by atoms with van der Waals surface area (Å²) in [6, 6.07) is 0.997. The van der Waals surface area contributed by atoms with Gasteiger partial charge in [-0.1, -0.05) is 6.92 Å². The lowest BCUT2D eigenvalue weighted by Crippen LogP contribution is -2.25. The van der Waals surface area contributed by atoms with Gasteiger partial charge in [0.2, 0.25) is 5.91 Å². The van der Waals surface area contributed by atoms with Crippen molar-refractivity contribution in [1.82, 2.24) is 19.9 Å². The van der Waals surface area contributed by atoms with Crippen LogP contribution in [-0.2, 0) is 17.4 Å². The SMILES string of the molecule is CC(=O)N1CCC(C)C1.Nc1ncc(-c2cnc(CC3CC3)[nH]2)cc1C(F)(F)F. The Morgan fingerprint density at radius 3 is 2.52 bits per heavy atom. The molecule has 4 rings (SSSR count). The summed E-state index contributed by atoms with van der Waals surface area (Å²) < 4.78 is 38.4. The van der Waals surface area contributed by atoms with Crippen LogP contribution in [0.1, 0.15) is 44.5 Å². The van der Waals surface area contributed by atoms with Gasteiger partial charge < -0.3 is 15.6 Å². The number of alkyl halides is 3. The van der Waals surface area contributed by atoms with Crippen molar-refractivity contribution in [2.75, 3.05) is 18.8 Å². The molecular weight excluding hydrogens is 383 g/mol. The molecule has 2 fully saturated rings. The molecule has 2 aliphatic rings. The average molecular weight is 409 g/mol. The first-order valence-corrected chi connectivity index (χ1v) is 9.76. The van der Waals surface area contributed by atoms with E-state index >= 15 is 0 Å². The molecule has 1 unspecified atom stereocenters. The van der Waals surface area contributed by atoms with E-state index in [9.17, 15) is 18.0 Å². The minimum Gasteiger partial charge on any atom is -0.383 e. The zero-order valence-corrected chi connectivity index (χ0v) is 16.6. The maximum Gasteiger partial charge on any atom is 0.419 e. The fourth-order valence-corrected chi connectivity index (χ4v) is 3.28. The summed E-state index contributed by atoms with van der Waals surface area (Å²) in [4.78, 5) is 23.5. The van der Waals surface area contributed by atoms with Crippen LogP contribution >= 0.6 is 0 Å². The minimum atomic E-state index is -4.51. The lowest BCUT2D eigenvalue weighted by molar-refractivity contribution is -0.137. The number of nitrogens with one attached hydrogen (secondary N) is 1. The number of H-pyrrole nitrogens is 1. The number of anilines is 1. The van der Waals surface area contributed by atoms with Crippen LogP contribution < -0.4 is 5.73 Å². The molecule has 1 aliphatic heterocycles. The largest absolute Gasteiger partial charge is 0.419 e. The number of nitrogen functional groups attached to an aromatic ring is 1. The van der Waals surface area contributed by atoms with Crippen LogP contribution in [-0.4, -0.2) is 38.8 Å². The quantitative estimate of drug-likeness (QED) is 0.805. The number of nitrogens with two attached hydrogens (primary N) is 1. The number of halogens is 3. The van der Waals surface area contributed by atoms with Crippen molar-refractivity contribution < 1.29 is 18.0 Å². The van der Waals surface area contributed by atoms with Crippen LogP contribution in [0.3, 0.4) is 0 Å². The van der Waals surface area contributed by atoms with E-state index in [1.807, 2.05) is 4.90 Å². The number of hydrogen-bond donors (Lipinski definition) is 2. The van der Waals surface area contributed by atoms with E-state index < -0.39 is 17.6 Å². The summed E-state index contributed by atoms with van der Waals surface area (Å²) in [5.74, 6) is 1.88. The van der Waals surface area contributed by atoms with E-state index in [-0.39, 0.29) is 5.91 Å². The fraction of sp³-hybridized carbons (Fsp3) is 0.550. The number of aromatic amines is 1. The molecular formula is C20H26F3N5O. The van der Waals surface area contributed by atoms with E-state index in [1.54, 1.807) is 6.92 Å². The van der Waals surface area contributed by atoms with E-state index in [2.05, 4.69) is 21.9 Å². The number of imidazole rings is 1. The zero-order chi connectivity index (χ0) is 21.2. The van der Waals surface area contributed by atoms with E-state index in [4.69, 9.17) is 5.73 Å². The monoisotopic (exact) mass is 409 g/mol. The number of carbonyl (C=O) groups is 1. The number of hydrogen-bond acceptors (Lipinski definition) is 4. The third-order valence-electron chi connectivity index (χ3n) is 5.21. The highest BCUT2D eigenvalue weighted by Gasteiger charge is 2.34. The van der Waals surface area contributed by atoms with Crippen LogP contribution in [0.25, 0.3) is 11.3 Å². The van der Waals surface area contributed by atoms with Crippen molar-refractivity contribution in [1.29, 1.82) is 0 Å². The van der Waals surface area contributed by atoms with Crippen molar-refractivity contribution in [2.45, 2.75) is 45.7 Å². The summed E-state index contributed by atoms with van der Waals surface area (Å²) in [7, 11) is 0. The summed E-state index contributed by atoms with van der Waals surface area (Å²) in [6.07, 6.45) is 2.75. The molecule has 0 bridgehead atoms. The van der Waals surface area contributed by atoms with Gasteiger partial charge in [0.05, 0.1) is 17.5 Å². The average Bonchev–Trinajstić information content (AvgIpc) is 3.13. The molecule has 1 saturated heterocycles. The first-order valence-electron chi connectivity index (χ1n) is 9.76. The van der Waals surface area contributed by atoms with Crippen LogP contribution in [0.2, 0.25) is 0 Å². The molecule has 1 amide bonds. The molecule has 158 valence electrons. The van der Waals surface area contributed by atoms with Gasteiger partial charge in [0, 0.05) is 38.2 Å². The highest BCUT2D eigenvalue weighted by molar-refractivity contribution is 5.73. The summed E-state index contributed by atoms with van der Waals surface area (Å²) in [6.45, 7) is 5.76. The number of aromatic nitrogens is 3. The van der Waals surface area contributed by atoms with Crippen LogP contribution in [0.15, 0.2) is 18.5 Å². The number of rotatable bonds is 3. The molecule has 1 saturated carbocycles. The molecule has 3 N–H and O–H groups in total. The van der Waals surface area contributed by atoms with Crippen LogP contribution in [0, 0.1) is 11.8 Å². The second kappa shape index (κ2) is 8.42. The van der Waals surface area contributed by atoms with E-state index in [1.165, 1.54) is 31.7 Å². The van der Waals surface area contributed by atoms with Crippen LogP contribution in [0.5, 0.6) is 0 Å². The van der Waals surface area contributed by atoms with Gasteiger partial charge >= 0.3 is 6.18 Å². The second-order valence-electron chi connectivity index (χ2n) is 7.90. The molecule has 6 nitrogen and oxygen atoms in total. The first kappa shape index (κ1) is 21.1. The maximum atomic E-state index is 12.8. The van der Waals surface area contributed by atoms with Gasteiger partial charge in [0.25, 0.3) is 0 Å². The van der Waals surface area contributed by atoms with Crippen molar-refractivity contribution in [2.24, 2.45) is 11.8 Å². The molecule has 2 aromatic heterocycles. The molecule has 3 heterocycles. The van der Waals surface area contributed by atoms with Crippen molar-refractivity contribution in [3.8, 4) is 11.3 Å². The Hall–Kier alpha value is -2.58. The normalized spacial score (nSPS) is 19.1. The van der Waals surface area contributed by atoms with E-state index in [0.717, 1.165) is 31.4 Å². The molecule has 1 aliphatic carbocycles. The number of nitrogens with zero attached hydrogens (tertiary/aromatic N) is 3. The van der Waals surface area contributed by atoms with Gasteiger partial charge in [0.1, 0.15) is 11.6 Å². The molecule has 1 atom stereocenters. The third kappa shape index (κ3) is 5.71. The topological polar surface area (TPSA) is 87.9 Å². The molecule has 0 spiro atoms. The Morgan fingerprint density at radius 2 is 2.00 bits per heavy atom. The Kier molecular flexibility index (Phi) is 6.14. The highest BCUT2D eigenvalue weighted by Crippen LogP contribution is 2.35.